The SMILES string of the molecule is CC1CCC(CNc2c(N)nc(C3=NNCO3)nc2C2=CC(C)(Cl)CC=C2)CC1. The highest BCUT2D eigenvalue weighted by molar-refractivity contribution is 6.26. The first-order chi connectivity index (χ1) is 13.9. The molecule has 1 saturated carbocycles. The quantitative estimate of drug-likeness (QED) is 0.630. The van der Waals surface area contributed by atoms with Crippen molar-refractivity contribution in [2.45, 2.75) is 50.8 Å². The van der Waals surface area contributed by atoms with Gasteiger partial charge in [0.2, 0.25) is 5.82 Å². The maximum absolute atomic E-state index is 6.61. The lowest BCUT2D eigenvalue weighted by atomic mass is 9.83. The molecule has 7 nitrogen and oxygen atoms in total. The molecule has 1 unspecified atom stereocenters. The van der Waals surface area contributed by atoms with Crippen molar-refractivity contribution in [2.75, 3.05) is 24.3 Å². The van der Waals surface area contributed by atoms with Gasteiger partial charge in [0.25, 0.3) is 5.90 Å². The first-order valence-electron chi connectivity index (χ1n) is 10.3. The van der Waals surface area contributed by atoms with Gasteiger partial charge in [-0.1, -0.05) is 38.0 Å². The summed E-state index contributed by atoms with van der Waals surface area (Å²) in [6.07, 6.45) is 12.0. The van der Waals surface area contributed by atoms with Crippen molar-refractivity contribution in [3.8, 4) is 0 Å². The van der Waals surface area contributed by atoms with E-state index in [0.29, 0.717) is 30.2 Å². The second-order valence-electron chi connectivity index (χ2n) is 8.51. The molecule has 0 aromatic carbocycles. The first kappa shape index (κ1) is 20.0. The van der Waals surface area contributed by atoms with Gasteiger partial charge in [0, 0.05) is 6.54 Å². The Kier molecular flexibility index (Phi) is 5.67. The van der Waals surface area contributed by atoms with Crippen LogP contribution in [-0.2, 0) is 4.74 Å². The molecule has 2 aliphatic carbocycles. The molecule has 8 heteroatoms. The molecule has 3 aliphatic rings. The van der Waals surface area contributed by atoms with Crippen molar-refractivity contribution >= 4 is 34.6 Å². The van der Waals surface area contributed by atoms with Crippen LogP contribution in [0.2, 0.25) is 0 Å². The number of hydrogen-bond acceptors (Lipinski definition) is 7. The molecule has 0 bridgehead atoms. The average Bonchev–Trinajstić information content (AvgIpc) is 3.22. The van der Waals surface area contributed by atoms with E-state index in [0.717, 1.165) is 35.8 Å². The van der Waals surface area contributed by atoms with Crippen molar-refractivity contribution in [2.24, 2.45) is 16.9 Å². The Hall–Kier alpha value is -2.28. The molecule has 0 saturated heterocycles. The second kappa shape index (κ2) is 8.22. The second-order valence-corrected chi connectivity index (χ2v) is 9.37. The molecule has 1 aromatic rings. The highest BCUT2D eigenvalue weighted by Crippen LogP contribution is 2.36. The van der Waals surface area contributed by atoms with Crippen LogP contribution < -0.4 is 16.5 Å². The molecule has 1 fully saturated rings. The van der Waals surface area contributed by atoms with Crippen LogP contribution in [0.25, 0.3) is 5.57 Å². The van der Waals surface area contributed by atoms with Crippen LogP contribution in [0.1, 0.15) is 57.5 Å². The maximum Gasteiger partial charge on any atom is 0.278 e. The molecule has 4 rings (SSSR count). The lowest BCUT2D eigenvalue weighted by molar-refractivity contribution is 0.300. The Bertz CT molecular complexity index is 855. The molecule has 4 N–H and O–H groups in total. The zero-order valence-electron chi connectivity index (χ0n) is 17.0. The third-order valence-corrected chi connectivity index (χ3v) is 6.09. The summed E-state index contributed by atoms with van der Waals surface area (Å²) in [5.41, 5.74) is 11.6. The number of nitrogens with two attached hydrogens (primary N) is 1. The Morgan fingerprint density at radius 3 is 2.79 bits per heavy atom. The molecular formula is C21H29ClN6O. The Morgan fingerprint density at radius 2 is 2.10 bits per heavy atom. The van der Waals surface area contributed by atoms with E-state index >= 15 is 0 Å². The number of anilines is 2. The number of hydrazone groups is 1. The molecule has 2 heterocycles. The lowest BCUT2D eigenvalue weighted by Crippen LogP contribution is -2.23. The largest absolute Gasteiger partial charge is 0.451 e. The van der Waals surface area contributed by atoms with Crippen molar-refractivity contribution in [1.82, 2.24) is 15.4 Å². The van der Waals surface area contributed by atoms with Gasteiger partial charge in [0.1, 0.15) is 5.69 Å². The summed E-state index contributed by atoms with van der Waals surface area (Å²) in [6, 6.07) is 0. The maximum atomic E-state index is 6.61. The van der Waals surface area contributed by atoms with Gasteiger partial charge in [0.15, 0.2) is 12.5 Å². The summed E-state index contributed by atoms with van der Waals surface area (Å²) in [4.78, 5) is 8.75. The van der Waals surface area contributed by atoms with Gasteiger partial charge in [-0.15, -0.1) is 16.7 Å². The minimum atomic E-state index is -0.455. The van der Waals surface area contributed by atoms with Gasteiger partial charge >= 0.3 is 0 Å². The highest BCUT2D eigenvalue weighted by Gasteiger charge is 2.26. The van der Waals surface area contributed by atoms with E-state index in [4.69, 9.17) is 27.1 Å². The summed E-state index contributed by atoms with van der Waals surface area (Å²) in [6.45, 7) is 5.49. The number of halogens is 1. The van der Waals surface area contributed by atoms with Crippen LogP contribution in [0.4, 0.5) is 11.5 Å². The Labute approximate surface area is 176 Å². The summed E-state index contributed by atoms with van der Waals surface area (Å²) in [5, 5.41) is 7.64. The van der Waals surface area contributed by atoms with Crippen LogP contribution in [0.5, 0.6) is 0 Å². The summed E-state index contributed by atoms with van der Waals surface area (Å²) in [7, 11) is 0. The van der Waals surface area contributed by atoms with E-state index in [1.807, 2.05) is 19.1 Å². The molecule has 1 atom stereocenters. The molecule has 0 radical (unpaired) electrons. The van der Waals surface area contributed by atoms with Crippen LogP contribution in [-0.4, -0.2) is 34.0 Å². The van der Waals surface area contributed by atoms with E-state index in [9.17, 15) is 0 Å². The van der Waals surface area contributed by atoms with Crippen LogP contribution in [0.15, 0.2) is 23.3 Å². The summed E-state index contributed by atoms with van der Waals surface area (Å²) in [5.74, 6) is 2.58. The average molecular weight is 417 g/mol. The fraction of sp³-hybridized carbons (Fsp3) is 0.571. The third kappa shape index (κ3) is 4.66. The van der Waals surface area contributed by atoms with E-state index in [-0.39, 0.29) is 0 Å². The van der Waals surface area contributed by atoms with Crippen molar-refractivity contribution in [1.29, 1.82) is 0 Å². The molecular weight excluding hydrogens is 388 g/mol. The van der Waals surface area contributed by atoms with E-state index in [2.05, 4.69) is 33.8 Å². The van der Waals surface area contributed by atoms with E-state index in [1.54, 1.807) is 0 Å². The molecule has 1 aliphatic heterocycles. The summed E-state index contributed by atoms with van der Waals surface area (Å²) >= 11 is 6.61. The number of nitrogens with one attached hydrogen (secondary N) is 2. The number of aromatic nitrogens is 2. The van der Waals surface area contributed by atoms with Crippen LogP contribution in [0, 0.1) is 11.8 Å². The van der Waals surface area contributed by atoms with Gasteiger partial charge < -0.3 is 15.8 Å². The monoisotopic (exact) mass is 416 g/mol. The normalized spacial score (nSPS) is 28.9. The number of nitrogens with zero attached hydrogens (tertiary/aromatic N) is 3. The zero-order chi connectivity index (χ0) is 20.4. The molecule has 0 amide bonds. The van der Waals surface area contributed by atoms with Crippen molar-refractivity contribution in [3.63, 3.8) is 0 Å². The van der Waals surface area contributed by atoms with Crippen LogP contribution in [0.3, 0.4) is 0 Å². The highest BCUT2D eigenvalue weighted by atomic mass is 35.5. The number of alkyl halides is 1. The van der Waals surface area contributed by atoms with E-state index < -0.39 is 4.87 Å². The minimum Gasteiger partial charge on any atom is -0.451 e. The van der Waals surface area contributed by atoms with E-state index in [1.165, 1.54) is 25.7 Å². The minimum absolute atomic E-state index is 0.302. The standard InChI is InChI=1S/C21H29ClN6O/c1-13-5-7-14(8-6-13)11-24-17-16(15-4-3-9-21(2,22)10-15)26-19(27-18(17)23)20-28-25-12-29-20/h3-4,10,13-14,24-25H,5-9,11-12H2,1-2H3,(H2,23,26,27). The van der Waals surface area contributed by atoms with Gasteiger partial charge in [-0.3, -0.25) is 5.43 Å². The zero-order valence-corrected chi connectivity index (χ0v) is 17.8. The third-order valence-electron chi connectivity index (χ3n) is 5.83. The fourth-order valence-electron chi connectivity index (χ4n) is 4.08. The predicted octanol–water partition coefficient (Wildman–Crippen LogP) is 3.88. The molecule has 156 valence electrons. The van der Waals surface area contributed by atoms with Crippen LogP contribution >= 0.6 is 11.6 Å². The number of rotatable bonds is 5. The van der Waals surface area contributed by atoms with Crippen molar-refractivity contribution < 1.29 is 4.74 Å². The molecule has 1 aromatic heterocycles. The smallest absolute Gasteiger partial charge is 0.278 e. The molecule has 0 spiro atoms. The number of allylic oxidation sites excluding steroid dienone is 4. The number of hydrogen-bond donors (Lipinski definition) is 3. The lowest BCUT2D eigenvalue weighted by Gasteiger charge is -2.27. The predicted molar refractivity (Wildman–Crippen MR) is 118 cm³/mol. The van der Waals surface area contributed by atoms with Gasteiger partial charge in [-0.25, -0.2) is 9.97 Å². The number of ether oxygens (including phenoxy) is 1. The first-order valence-corrected chi connectivity index (χ1v) is 10.7. The van der Waals surface area contributed by atoms with Crippen molar-refractivity contribution in [3.05, 3.63) is 29.7 Å². The van der Waals surface area contributed by atoms with Gasteiger partial charge in [-0.05, 0) is 43.6 Å². The fourth-order valence-corrected chi connectivity index (χ4v) is 4.29. The topological polar surface area (TPSA) is 97.5 Å². The van der Waals surface area contributed by atoms with Gasteiger partial charge in [0.05, 0.1) is 10.6 Å². The Balaban J connectivity index is 1.65. The Morgan fingerprint density at radius 1 is 1.31 bits per heavy atom. The molecule has 29 heavy (non-hydrogen) atoms. The summed E-state index contributed by atoms with van der Waals surface area (Å²) < 4.78 is 5.46. The van der Waals surface area contributed by atoms with Gasteiger partial charge in [-0.2, -0.15) is 0 Å². The number of nitrogen functional groups attached to an aromatic ring is 1.